The summed E-state index contributed by atoms with van der Waals surface area (Å²) in [6.45, 7) is 0. The number of carbonyl (C=O) groups is 2. The largest absolute Gasteiger partial charge is 0.478 e. The van der Waals surface area contributed by atoms with Crippen LogP contribution in [0.25, 0.3) is 22.0 Å². The molecule has 0 saturated heterocycles. The molecule has 4 rings (SSSR count). The first kappa shape index (κ1) is 18.1. The van der Waals surface area contributed by atoms with Gasteiger partial charge in [-0.2, -0.15) is 0 Å². The highest BCUT2D eigenvalue weighted by Gasteiger charge is 2.15. The number of benzene rings is 3. The van der Waals surface area contributed by atoms with E-state index in [1.807, 2.05) is 30.5 Å². The molecule has 5 nitrogen and oxygen atoms in total. The molecule has 0 unspecified atom stereocenters. The van der Waals surface area contributed by atoms with Crippen LogP contribution >= 0.6 is 0 Å². The van der Waals surface area contributed by atoms with Crippen LogP contribution in [0.5, 0.6) is 0 Å². The Bertz CT molecular complexity index is 1300. The Hall–Kier alpha value is -4.30. The zero-order valence-corrected chi connectivity index (χ0v) is 15.1. The summed E-state index contributed by atoms with van der Waals surface area (Å²) in [5.41, 5.74) is 3.78. The van der Waals surface area contributed by atoms with E-state index in [-0.39, 0.29) is 11.1 Å². The Morgan fingerprint density at radius 2 is 1.62 bits per heavy atom. The van der Waals surface area contributed by atoms with Crippen molar-refractivity contribution in [3.63, 3.8) is 0 Å². The lowest BCUT2D eigenvalue weighted by Gasteiger charge is -2.10. The predicted molar refractivity (Wildman–Crippen MR) is 110 cm³/mol. The van der Waals surface area contributed by atoms with Gasteiger partial charge in [-0.3, -0.25) is 0 Å². The quantitative estimate of drug-likeness (QED) is 0.451. The van der Waals surface area contributed by atoms with E-state index in [1.54, 1.807) is 30.3 Å². The number of H-pyrrole nitrogens is 1. The van der Waals surface area contributed by atoms with Gasteiger partial charge < -0.3 is 15.2 Å². The number of carboxylic acid groups (broad SMARTS) is 2. The van der Waals surface area contributed by atoms with Gasteiger partial charge in [-0.25, -0.2) is 9.59 Å². The molecule has 0 radical (unpaired) electrons. The summed E-state index contributed by atoms with van der Waals surface area (Å²) in [4.78, 5) is 25.9. The number of hydrogen-bond acceptors (Lipinski definition) is 2. The van der Waals surface area contributed by atoms with Gasteiger partial charge in [0.05, 0.1) is 11.1 Å². The van der Waals surface area contributed by atoms with Crippen LogP contribution in [0.4, 0.5) is 0 Å². The maximum Gasteiger partial charge on any atom is 0.336 e. The van der Waals surface area contributed by atoms with E-state index in [0.29, 0.717) is 16.7 Å². The number of aromatic carboxylic acids is 2. The minimum absolute atomic E-state index is 0.170. The summed E-state index contributed by atoms with van der Waals surface area (Å²) in [6.07, 6.45) is 1.83. The Kier molecular flexibility index (Phi) is 4.60. The Balaban J connectivity index is 1.83. The third-order valence-corrected chi connectivity index (χ3v) is 4.61. The molecule has 0 amide bonds. The van der Waals surface area contributed by atoms with Crippen molar-refractivity contribution in [1.29, 1.82) is 0 Å². The highest BCUT2D eigenvalue weighted by Crippen LogP contribution is 2.30. The maximum absolute atomic E-state index is 11.8. The van der Waals surface area contributed by atoms with Crippen molar-refractivity contribution >= 4 is 22.8 Å². The van der Waals surface area contributed by atoms with Crippen LogP contribution < -0.4 is 0 Å². The first-order chi connectivity index (χ1) is 14.0. The fraction of sp³-hybridized carbons (Fsp3) is 0. The van der Waals surface area contributed by atoms with Gasteiger partial charge in [0.15, 0.2) is 0 Å². The molecule has 0 atom stereocenters. The second-order valence-corrected chi connectivity index (χ2v) is 6.45. The highest BCUT2D eigenvalue weighted by atomic mass is 16.4. The first-order valence-electron chi connectivity index (χ1n) is 8.82. The Labute approximate surface area is 166 Å². The SMILES string of the molecule is O=C(O)c1ccc(C#Cc2cccc(C(=O)O)c2-c2ccc3cc[nH]c3c2)cc1. The van der Waals surface area contributed by atoms with E-state index >= 15 is 0 Å². The van der Waals surface area contributed by atoms with Crippen molar-refractivity contribution in [2.45, 2.75) is 0 Å². The third-order valence-electron chi connectivity index (χ3n) is 4.61. The smallest absolute Gasteiger partial charge is 0.336 e. The molecular weight excluding hydrogens is 366 g/mol. The van der Waals surface area contributed by atoms with Gasteiger partial charge in [-0.15, -0.1) is 0 Å². The van der Waals surface area contributed by atoms with E-state index in [2.05, 4.69) is 16.8 Å². The van der Waals surface area contributed by atoms with Crippen molar-refractivity contribution in [3.8, 4) is 23.0 Å². The summed E-state index contributed by atoms with van der Waals surface area (Å²) in [6, 6.07) is 18.9. The van der Waals surface area contributed by atoms with Crippen molar-refractivity contribution in [2.24, 2.45) is 0 Å². The van der Waals surface area contributed by atoms with E-state index in [0.717, 1.165) is 16.5 Å². The van der Waals surface area contributed by atoms with Crippen LogP contribution in [0.1, 0.15) is 31.8 Å². The number of carboxylic acids is 2. The van der Waals surface area contributed by atoms with Crippen molar-refractivity contribution < 1.29 is 19.8 Å². The van der Waals surface area contributed by atoms with Crippen LogP contribution in [0.15, 0.2) is 72.9 Å². The molecular formula is C24H15NO4. The Morgan fingerprint density at radius 3 is 2.34 bits per heavy atom. The topological polar surface area (TPSA) is 90.4 Å². The monoisotopic (exact) mass is 381 g/mol. The van der Waals surface area contributed by atoms with E-state index in [4.69, 9.17) is 5.11 Å². The normalized spacial score (nSPS) is 10.3. The summed E-state index contributed by atoms with van der Waals surface area (Å²) in [5, 5.41) is 19.7. The number of fused-ring (bicyclic) bond motifs is 1. The van der Waals surface area contributed by atoms with Gasteiger partial charge >= 0.3 is 11.9 Å². The summed E-state index contributed by atoms with van der Waals surface area (Å²) in [5.74, 6) is 4.01. The molecule has 0 spiro atoms. The molecule has 0 aliphatic heterocycles. The summed E-state index contributed by atoms with van der Waals surface area (Å²) in [7, 11) is 0. The molecule has 3 aromatic carbocycles. The number of rotatable bonds is 3. The first-order valence-corrected chi connectivity index (χ1v) is 8.82. The van der Waals surface area contributed by atoms with Crippen molar-refractivity contribution in [2.75, 3.05) is 0 Å². The lowest BCUT2D eigenvalue weighted by atomic mass is 9.93. The predicted octanol–water partition coefficient (Wildman–Crippen LogP) is 4.63. The lowest BCUT2D eigenvalue weighted by Crippen LogP contribution is -2.01. The molecule has 29 heavy (non-hydrogen) atoms. The van der Waals surface area contributed by atoms with Crippen LogP contribution in [0, 0.1) is 11.8 Å². The van der Waals surface area contributed by atoms with Gasteiger partial charge in [-0.05, 0) is 59.5 Å². The average Bonchev–Trinajstić information content (AvgIpc) is 3.20. The average molecular weight is 381 g/mol. The fourth-order valence-corrected chi connectivity index (χ4v) is 3.18. The molecule has 0 fully saturated rings. The van der Waals surface area contributed by atoms with Gasteiger partial charge in [0.25, 0.3) is 0 Å². The second kappa shape index (κ2) is 7.37. The van der Waals surface area contributed by atoms with Crippen molar-refractivity contribution in [3.05, 3.63) is 95.2 Å². The van der Waals surface area contributed by atoms with Gasteiger partial charge in [-0.1, -0.05) is 30.0 Å². The fourth-order valence-electron chi connectivity index (χ4n) is 3.18. The van der Waals surface area contributed by atoms with Crippen LogP contribution in [0.2, 0.25) is 0 Å². The van der Waals surface area contributed by atoms with E-state index in [1.165, 1.54) is 12.1 Å². The molecule has 3 N–H and O–H groups in total. The summed E-state index contributed by atoms with van der Waals surface area (Å²) < 4.78 is 0. The molecule has 0 bridgehead atoms. The number of nitrogens with one attached hydrogen (secondary N) is 1. The molecule has 1 aromatic heterocycles. The standard InChI is InChI=1S/C24H15NO4/c26-23(27)18-8-5-15(6-9-18)4-7-17-2-1-3-20(24(28)29)22(17)19-11-10-16-12-13-25-21(16)14-19/h1-3,5-6,8-14,25H,(H,26,27)(H,28,29). The Morgan fingerprint density at radius 1 is 0.828 bits per heavy atom. The molecule has 0 aliphatic rings. The molecule has 0 saturated carbocycles. The molecule has 1 heterocycles. The highest BCUT2D eigenvalue weighted by molar-refractivity contribution is 5.99. The molecule has 4 aromatic rings. The van der Waals surface area contributed by atoms with Crippen molar-refractivity contribution in [1.82, 2.24) is 4.98 Å². The zero-order valence-electron chi connectivity index (χ0n) is 15.1. The van der Waals surface area contributed by atoms with Crippen LogP contribution in [-0.4, -0.2) is 27.1 Å². The van der Waals surface area contributed by atoms with Gasteiger partial charge in [0.2, 0.25) is 0 Å². The lowest BCUT2D eigenvalue weighted by molar-refractivity contribution is 0.0686. The zero-order chi connectivity index (χ0) is 20.4. The van der Waals surface area contributed by atoms with Crippen LogP contribution in [0.3, 0.4) is 0 Å². The minimum Gasteiger partial charge on any atom is -0.478 e. The molecule has 140 valence electrons. The molecule has 5 heteroatoms. The van der Waals surface area contributed by atoms with E-state index in [9.17, 15) is 14.7 Å². The summed E-state index contributed by atoms with van der Waals surface area (Å²) >= 11 is 0. The van der Waals surface area contributed by atoms with E-state index < -0.39 is 11.9 Å². The minimum atomic E-state index is -1.03. The number of hydrogen-bond donors (Lipinski definition) is 3. The van der Waals surface area contributed by atoms with Gasteiger partial charge in [0.1, 0.15) is 0 Å². The number of aromatic amines is 1. The third kappa shape index (κ3) is 3.60. The second-order valence-electron chi connectivity index (χ2n) is 6.45. The maximum atomic E-state index is 11.8. The van der Waals surface area contributed by atoms with Gasteiger partial charge in [0, 0.05) is 28.4 Å². The molecule has 0 aliphatic carbocycles. The van der Waals surface area contributed by atoms with Crippen LogP contribution in [-0.2, 0) is 0 Å². The number of aromatic nitrogens is 1.